The minimum absolute atomic E-state index is 1.08. The van der Waals surface area contributed by atoms with Crippen LogP contribution in [0.3, 0.4) is 0 Å². The minimum Gasteiger partial charge on any atom is -0.299 e. The number of benzene rings is 2. The molecule has 0 aliphatic rings. The van der Waals surface area contributed by atoms with E-state index in [1.165, 1.54) is 42.3 Å². The number of fused-ring (bicyclic) bond motifs is 1. The fourth-order valence-corrected chi connectivity index (χ4v) is 2.50. The summed E-state index contributed by atoms with van der Waals surface area (Å²) in [7, 11) is 0. The molecule has 2 rings (SSSR count). The van der Waals surface area contributed by atoms with Crippen molar-refractivity contribution in [2.75, 3.05) is 13.1 Å². The highest BCUT2D eigenvalue weighted by Crippen LogP contribution is 2.17. The third-order valence-corrected chi connectivity index (χ3v) is 3.30. The van der Waals surface area contributed by atoms with Crippen molar-refractivity contribution in [3.63, 3.8) is 0 Å². The summed E-state index contributed by atoms with van der Waals surface area (Å²) in [6.07, 6.45) is 2.46. The number of rotatable bonds is 6. The zero-order valence-electron chi connectivity index (χ0n) is 11.5. The molecule has 0 spiro atoms. The molecule has 0 bridgehead atoms. The van der Waals surface area contributed by atoms with E-state index in [1.54, 1.807) is 0 Å². The Morgan fingerprint density at radius 3 is 2.17 bits per heavy atom. The van der Waals surface area contributed by atoms with Crippen molar-refractivity contribution in [1.29, 1.82) is 0 Å². The monoisotopic (exact) mass is 241 g/mol. The van der Waals surface area contributed by atoms with E-state index >= 15 is 0 Å². The van der Waals surface area contributed by atoms with Gasteiger partial charge in [0.15, 0.2) is 0 Å². The predicted molar refractivity (Wildman–Crippen MR) is 79.8 cm³/mol. The molecule has 0 unspecified atom stereocenters. The molecule has 0 atom stereocenters. The molecule has 0 N–H and O–H groups in total. The van der Waals surface area contributed by atoms with E-state index in [0.29, 0.717) is 0 Å². The lowest BCUT2D eigenvalue weighted by atomic mass is 10.1. The normalized spacial score (nSPS) is 11.3. The highest BCUT2D eigenvalue weighted by atomic mass is 15.1. The molecule has 0 fully saturated rings. The van der Waals surface area contributed by atoms with E-state index in [-0.39, 0.29) is 0 Å². The van der Waals surface area contributed by atoms with Crippen molar-refractivity contribution in [3.8, 4) is 0 Å². The van der Waals surface area contributed by atoms with Gasteiger partial charge in [-0.2, -0.15) is 0 Å². The van der Waals surface area contributed by atoms with Crippen LogP contribution in [0.2, 0.25) is 0 Å². The summed E-state index contributed by atoms with van der Waals surface area (Å²) in [5.41, 5.74) is 1.43. The molecule has 2 aromatic carbocycles. The standard InChI is InChI=1S/C17H23N/c1-3-11-18(12-4-2)14-15-9-10-16-7-5-6-8-17(16)13-15/h5-10,13H,3-4,11-12,14H2,1-2H3. The second-order valence-corrected chi connectivity index (χ2v) is 4.96. The maximum Gasteiger partial charge on any atom is 0.0233 e. The Morgan fingerprint density at radius 1 is 0.833 bits per heavy atom. The summed E-state index contributed by atoms with van der Waals surface area (Å²) >= 11 is 0. The Morgan fingerprint density at radius 2 is 1.50 bits per heavy atom. The van der Waals surface area contributed by atoms with Crippen LogP contribution in [0.25, 0.3) is 10.8 Å². The second kappa shape index (κ2) is 6.55. The summed E-state index contributed by atoms with van der Waals surface area (Å²) in [5.74, 6) is 0. The van der Waals surface area contributed by atoms with E-state index in [0.717, 1.165) is 6.54 Å². The van der Waals surface area contributed by atoms with Crippen LogP contribution in [0.5, 0.6) is 0 Å². The average Bonchev–Trinajstić information content (AvgIpc) is 2.39. The summed E-state index contributed by atoms with van der Waals surface area (Å²) in [5, 5.41) is 2.68. The van der Waals surface area contributed by atoms with Gasteiger partial charge in [0.2, 0.25) is 0 Å². The molecule has 0 amide bonds. The average molecular weight is 241 g/mol. The third kappa shape index (κ3) is 3.33. The van der Waals surface area contributed by atoms with Gasteiger partial charge in [-0.1, -0.05) is 50.2 Å². The second-order valence-electron chi connectivity index (χ2n) is 4.96. The molecule has 0 saturated carbocycles. The van der Waals surface area contributed by atoms with Gasteiger partial charge in [0.1, 0.15) is 0 Å². The van der Waals surface area contributed by atoms with Gasteiger partial charge >= 0.3 is 0 Å². The first-order valence-corrected chi connectivity index (χ1v) is 7.03. The molecule has 0 aromatic heterocycles. The van der Waals surface area contributed by atoms with Crippen molar-refractivity contribution in [1.82, 2.24) is 4.90 Å². The zero-order chi connectivity index (χ0) is 12.8. The molecular weight excluding hydrogens is 218 g/mol. The first-order chi connectivity index (χ1) is 8.83. The first kappa shape index (κ1) is 13.1. The van der Waals surface area contributed by atoms with Crippen molar-refractivity contribution < 1.29 is 0 Å². The topological polar surface area (TPSA) is 3.24 Å². The third-order valence-electron chi connectivity index (χ3n) is 3.30. The van der Waals surface area contributed by atoms with E-state index in [2.05, 4.69) is 61.2 Å². The molecule has 0 radical (unpaired) electrons. The van der Waals surface area contributed by atoms with E-state index in [9.17, 15) is 0 Å². The number of hydrogen-bond donors (Lipinski definition) is 0. The van der Waals surface area contributed by atoms with Crippen LogP contribution >= 0.6 is 0 Å². The molecule has 96 valence electrons. The zero-order valence-corrected chi connectivity index (χ0v) is 11.5. The van der Waals surface area contributed by atoms with E-state index in [4.69, 9.17) is 0 Å². The first-order valence-electron chi connectivity index (χ1n) is 7.03. The van der Waals surface area contributed by atoms with Crippen LogP contribution < -0.4 is 0 Å². The Bertz CT molecular complexity index is 484. The number of hydrogen-bond acceptors (Lipinski definition) is 1. The smallest absolute Gasteiger partial charge is 0.0233 e. The molecule has 0 aliphatic heterocycles. The van der Waals surface area contributed by atoms with Gasteiger partial charge in [-0.05, 0) is 48.3 Å². The summed E-state index contributed by atoms with van der Waals surface area (Å²) in [6, 6.07) is 15.4. The summed E-state index contributed by atoms with van der Waals surface area (Å²) < 4.78 is 0. The Balaban J connectivity index is 2.14. The van der Waals surface area contributed by atoms with Crippen LogP contribution in [0, 0.1) is 0 Å². The maximum atomic E-state index is 2.55. The summed E-state index contributed by atoms with van der Waals surface area (Å²) in [4.78, 5) is 2.55. The quantitative estimate of drug-likeness (QED) is 0.721. The van der Waals surface area contributed by atoms with Crippen molar-refractivity contribution >= 4 is 10.8 Å². The molecule has 1 nitrogen and oxygen atoms in total. The molecule has 18 heavy (non-hydrogen) atoms. The van der Waals surface area contributed by atoms with Crippen molar-refractivity contribution in [2.45, 2.75) is 33.2 Å². The lowest BCUT2D eigenvalue weighted by Gasteiger charge is -2.21. The SMILES string of the molecule is CCCN(CCC)Cc1ccc2ccccc2c1. The van der Waals surface area contributed by atoms with Gasteiger partial charge in [-0.25, -0.2) is 0 Å². The molecule has 2 aromatic rings. The van der Waals surface area contributed by atoms with Crippen molar-refractivity contribution in [2.24, 2.45) is 0 Å². The molecular formula is C17H23N. The van der Waals surface area contributed by atoms with E-state index in [1.807, 2.05) is 0 Å². The maximum absolute atomic E-state index is 2.55. The minimum atomic E-state index is 1.08. The largest absolute Gasteiger partial charge is 0.299 e. The van der Waals surface area contributed by atoms with Crippen LogP contribution in [0.15, 0.2) is 42.5 Å². The van der Waals surface area contributed by atoms with Gasteiger partial charge < -0.3 is 0 Å². The van der Waals surface area contributed by atoms with Gasteiger partial charge in [0, 0.05) is 6.54 Å². The van der Waals surface area contributed by atoms with Gasteiger partial charge in [0.05, 0.1) is 0 Å². The predicted octanol–water partition coefficient (Wildman–Crippen LogP) is 4.46. The lowest BCUT2D eigenvalue weighted by Crippen LogP contribution is -2.24. The van der Waals surface area contributed by atoms with E-state index < -0.39 is 0 Å². The molecule has 0 aliphatic carbocycles. The highest BCUT2D eigenvalue weighted by Gasteiger charge is 2.04. The number of nitrogens with zero attached hydrogens (tertiary/aromatic N) is 1. The lowest BCUT2D eigenvalue weighted by molar-refractivity contribution is 0.266. The van der Waals surface area contributed by atoms with Gasteiger partial charge in [-0.15, -0.1) is 0 Å². The van der Waals surface area contributed by atoms with Crippen LogP contribution in [0.4, 0.5) is 0 Å². The van der Waals surface area contributed by atoms with Gasteiger partial charge in [0.25, 0.3) is 0 Å². The Kier molecular flexibility index (Phi) is 4.77. The van der Waals surface area contributed by atoms with Crippen LogP contribution in [-0.4, -0.2) is 18.0 Å². The van der Waals surface area contributed by atoms with Crippen LogP contribution in [-0.2, 0) is 6.54 Å². The van der Waals surface area contributed by atoms with Gasteiger partial charge in [-0.3, -0.25) is 4.90 Å². The van der Waals surface area contributed by atoms with Crippen molar-refractivity contribution in [3.05, 3.63) is 48.0 Å². The Hall–Kier alpha value is -1.34. The fourth-order valence-electron chi connectivity index (χ4n) is 2.50. The van der Waals surface area contributed by atoms with Crippen LogP contribution in [0.1, 0.15) is 32.3 Å². The summed E-state index contributed by atoms with van der Waals surface area (Å²) in [6.45, 7) is 7.97. The molecule has 1 heteroatoms. The Labute approximate surface area is 110 Å². The molecule has 0 heterocycles. The highest BCUT2D eigenvalue weighted by molar-refractivity contribution is 5.82. The fraction of sp³-hybridized carbons (Fsp3) is 0.412. The molecule has 0 saturated heterocycles.